The number of fused-ring (bicyclic) bond motifs is 1. The van der Waals surface area contributed by atoms with Crippen molar-refractivity contribution in [2.45, 2.75) is 6.92 Å². The molecular formula is C14H14N6O. The number of carbonyl (C=O) groups excluding carboxylic acids is 1. The van der Waals surface area contributed by atoms with Crippen LogP contribution in [0.3, 0.4) is 0 Å². The molecule has 0 fully saturated rings. The standard InChI is InChI=1S/C14H14N6O/c1-8(21)18-10-5-3-4-9(6-10)12-11-13(15)16-7-17-14(11)20(2)19-12/h3-7H,1-2H3,(H,18,21)(H2,15,16,17). The van der Waals surface area contributed by atoms with Gasteiger partial charge in [-0.05, 0) is 12.1 Å². The van der Waals surface area contributed by atoms with E-state index in [1.165, 1.54) is 13.3 Å². The van der Waals surface area contributed by atoms with E-state index in [0.29, 0.717) is 28.2 Å². The van der Waals surface area contributed by atoms with Crippen molar-refractivity contribution in [2.75, 3.05) is 11.1 Å². The van der Waals surface area contributed by atoms with Crippen molar-refractivity contribution in [3.05, 3.63) is 30.6 Å². The second-order valence-electron chi connectivity index (χ2n) is 4.69. The first kappa shape index (κ1) is 13.0. The van der Waals surface area contributed by atoms with E-state index in [1.807, 2.05) is 24.3 Å². The zero-order chi connectivity index (χ0) is 15.0. The van der Waals surface area contributed by atoms with Gasteiger partial charge in [0, 0.05) is 25.2 Å². The molecule has 0 spiro atoms. The van der Waals surface area contributed by atoms with Gasteiger partial charge in [-0.15, -0.1) is 0 Å². The van der Waals surface area contributed by atoms with Crippen molar-refractivity contribution in [1.82, 2.24) is 19.7 Å². The summed E-state index contributed by atoms with van der Waals surface area (Å²) in [7, 11) is 1.80. The lowest BCUT2D eigenvalue weighted by Crippen LogP contribution is -2.05. The molecule has 0 aliphatic carbocycles. The van der Waals surface area contributed by atoms with Gasteiger partial charge in [-0.25, -0.2) is 14.6 Å². The summed E-state index contributed by atoms with van der Waals surface area (Å²) in [6.45, 7) is 1.47. The van der Waals surface area contributed by atoms with Gasteiger partial charge in [-0.2, -0.15) is 5.10 Å². The number of hydrogen-bond acceptors (Lipinski definition) is 5. The first-order valence-electron chi connectivity index (χ1n) is 6.37. The van der Waals surface area contributed by atoms with Crippen molar-refractivity contribution >= 4 is 28.4 Å². The highest BCUT2D eigenvalue weighted by atomic mass is 16.1. The largest absolute Gasteiger partial charge is 0.383 e. The number of rotatable bonds is 2. The molecule has 2 aromatic heterocycles. The van der Waals surface area contributed by atoms with E-state index >= 15 is 0 Å². The van der Waals surface area contributed by atoms with E-state index in [-0.39, 0.29) is 5.91 Å². The van der Waals surface area contributed by atoms with Gasteiger partial charge >= 0.3 is 0 Å². The molecule has 7 heteroatoms. The number of benzene rings is 1. The van der Waals surface area contributed by atoms with Gasteiger partial charge in [-0.1, -0.05) is 12.1 Å². The van der Waals surface area contributed by atoms with E-state index in [2.05, 4.69) is 20.4 Å². The van der Waals surface area contributed by atoms with Crippen molar-refractivity contribution in [2.24, 2.45) is 7.05 Å². The van der Waals surface area contributed by atoms with Gasteiger partial charge < -0.3 is 11.1 Å². The average Bonchev–Trinajstić information content (AvgIpc) is 2.77. The normalized spacial score (nSPS) is 10.8. The summed E-state index contributed by atoms with van der Waals surface area (Å²) in [5, 5.41) is 7.92. The van der Waals surface area contributed by atoms with Gasteiger partial charge in [0.15, 0.2) is 5.65 Å². The third-order valence-corrected chi connectivity index (χ3v) is 3.11. The maximum Gasteiger partial charge on any atom is 0.221 e. The van der Waals surface area contributed by atoms with Gasteiger partial charge in [0.2, 0.25) is 5.91 Å². The first-order valence-corrected chi connectivity index (χ1v) is 6.37. The van der Waals surface area contributed by atoms with Gasteiger partial charge in [0.05, 0.1) is 5.39 Å². The number of hydrogen-bond donors (Lipinski definition) is 2. The Bertz CT molecular complexity index is 839. The SMILES string of the molecule is CC(=O)Nc1cccc(-c2nn(C)c3ncnc(N)c23)c1. The average molecular weight is 282 g/mol. The fraction of sp³-hybridized carbons (Fsp3) is 0.143. The second kappa shape index (κ2) is 4.86. The molecule has 1 aromatic carbocycles. The summed E-state index contributed by atoms with van der Waals surface area (Å²) in [6.07, 6.45) is 1.41. The third kappa shape index (κ3) is 2.29. The summed E-state index contributed by atoms with van der Waals surface area (Å²) < 4.78 is 1.66. The Kier molecular flexibility index (Phi) is 3.02. The summed E-state index contributed by atoms with van der Waals surface area (Å²) in [4.78, 5) is 19.4. The summed E-state index contributed by atoms with van der Waals surface area (Å²) in [5.74, 6) is 0.258. The van der Waals surface area contributed by atoms with Crippen molar-refractivity contribution < 1.29 is 4.79 Å². The molecular weight excluding hydrogens is 268 g/mol. The maximum atomic E-state index is 11.2. The first-order chi connectivity index (χ1) is 10.1. The molecule has 3 rings (SSSR count). The van der Waals surface area contributed by atoms with Crippen LogP contribution in [-0.2, 0) is 11.8 Å². The molecule has 2 heterocycles. The fourth-order valence-electron chi connectivity index (χ4n) is 2.26. The molecule has 0 aliphatic heterocycles. The Morgan fingerprint density at radius 1 is 1.33 bits per heavy atom. The van der Waals surface area contributed by atoms with E-state index < -0.39 is 0 Å². The van der Waals surface area contributed by atoms with Crippen LogP contribution in [0.4, 0.5) is 11.5 Å². The molecule has 0 saturated carbocycles. The van der Waals surface area contributed by atoms with Crippen molar-refractivity contribution in [3.8, 4) is 11.3 Å². The maximum absolute atomic E-state index is 11.2. The second-order valence-corrected chi connectivity index (χ2v) is 4.69. The van der Waals surface area contributed by atoms with Gasteiger partial charge in [0.1, 0.15) is 17.8 Å². The van der Waals surface area contributed by atoms with Crippen LogP contribution in [0.25, 0.3) is 22.3 Å². The number of nitrogens with two attached hydrogens (primary N) is 1. The lowest BCUT2D eigenvalue weighted by atomic mass is 10.1. The van der Waals surface area contributed by atoms with Gasteiger partial charge in [0.25, 0.3) is 0 Å². The number of nitrogens with one attached hydrogen (secondary N) is 1. The molecule has 106 valence electrons. The summed E-state index contributed by atoms with van der Waals surface area (Å²) >= 11 is 0. The highest BCUT2D eigenvalue weighted by Crippen LogP contribution is 2.30. The molecule has 3 aromatic rings. The minimum Gasteiger partial charge on any atom is -0.383 e. The predicted molar refractivity (Wildman–Crippen MR) is 80.5 cm³/mol. The van der Waals surface area contributed by atoms with Crippen LogP contribution in [0.5, 0.6) is 0 Å². The summed E-state index contributed by atoms with van der Waals surface area (Å²) in [5.41, 5.74) is 8.86. The van der Waals surface area contributed by atoms with Crippen LogP contribution in [0.15, 0.2) is 30.6 Å². The molecule has 0 atom stereocenters. The Hall–Kier alpha value is -2.96. The summed E-state index contributed by atoms with van der Waals surface area (Å²) in [6, 6.07) is 7.41. The van der Waals surface area contributed by atoms with E-state index in [4.69, 9.17) is 5.73 Å². The Morgan fingerprint density at radius 3 is 2.90 bits per heavy atom. The molecule has 0 radical (unpaired) electrons. The fourth-order valence-corrected chi connectivity index (χ4v) is 2.26. The van der Waals surface area contributed by atoms with Crippen LogP contribution in [0, 0.1) is 0 Å². The molecule has 21 heavy (non-hydrogen) atoms. The quantitative estimate of drug-likeness (QED) is 0.743. The van der Waals surface area contributed by atoms with Gasteiger partial charge in [-0.3, -0.25) is 4.79 Å². The lowest BCUT2D eigenvalue weighted by molar-refractivity contribution is -0.114. The van der Waals surface area contributed by atoms with Crippen LogP contribution >= 0.6 is 0 Å². The van der Waals surface area contributed by atoms with Crippen molar-refractivity contribution in [3.63, 3.8) is 0 Å². The van der Waals surface area contributed by atoms with Crippen LogP contribution in [-0.4, -0.2) is 25.7 Å². The van der Waals surface area contributed by atoms with Crippen LogP contribution < -0.4 is 11.1 Å². The monoisotopic (exact) mass is 282 g/mol. The zero-order valence-electron chi connectivity index (χ0n) is 11.7. The zero-order valence-corrected chi connectivity index (χ0v) is 11.7. The molecule has 0 aliphatic rings. The highest BCUT2D eigenvalue weighted by Gasteiger charge is 2.15. The highest BCUT2D eigenvalue weighted by molar-refractivity contribution is 5.99. The molecule has 7 nitrogen and oxygen atoms in total. The molecule has 0 bridgehead atoms. The van der Waals surface area contributed by atoms with E-state index in [0.717, 1.165) is 5.56 Å². The minimum atomic E-state index is -0.124. The smallest absolute Gasteiger partial charge is 0.221 e. The molecule has 0 saturated heterocycles. The van der Waals surface area contributed by atoms with E-state index in [9.17, 15) is 4.79 Å². The molecule has 3 N–H and O–H groups in total. The number of aromatic nitrogens is 4. The minimum absolute atomic E-state index is 0.124. The lowest BCUT2D eigenvalue weighted by Gasteiger charge is -2.04. The van der Waals surface area contributed by atoms with E-state index in [1.54, 1.807) is 11.7 Å². The number of anilines is 2. The third-order valence-electron chi connectivity index (χ3n) is 3.11. The molecule has 0 unspecified atom stereocenters. The number of carbonyl (C=O) groups is 1. The Labute approximate surface area is 120 Å². The predicted octanol–water partition coefficient (Wildman–Crippen LogP) is 1.57. The number of nitrogen functional groups attached to an aromatic ring is 1. The topological polar surface area (TPSA) is 98.7 Å². The Morgan fingerprint density at radius 2 is 2.14 bits per heavy atom. The van der Waals surface area contributed by atoms with Crippen LogP contribution in [0.2, 0.25) is 0 Å². The number of amides is 1. The number of aryl methyl sites for hydroxylation is 1. The number of nitrogens with zero attached hydrogens (tertiary/aromatic N) is 4. The Balaban J connectivity index is 2.19. The molecule has 1 amide bonds. The van der Waals surface area contributed by atoms with Crippen molar-refractivity contribution in [1.29, 1.82) is 0 Å². The van der Waals surface area contributed by atoms with Crippen LogP contribution in [0.1, 0.15) is 6.92 Å².